The lowest BCUT2D eigenvalue weighted by atomic mass is 9.73. The van der Waals surface area contributed by atoms with Crippen molar-refractivity contribution in [3.8, 4) is 0 Å². The van der Waals surface area contributed by atoms with Crippen LogP contribution in [0.3, 0.4) is 0 Å². The van der Waals surface area contributed by atoms with Gasteiger partial charge in [-0.2, -0.15) is 0 Å². The lowest BCUT2D eigenvalue weighted by Crippen LogP contribution is -2.41. The Morgan fingerprint density at radius 3 is 2.81 bits per heavy atom. The molecule has 1 N–H and O–H groups in total. The minimum atomic E-state index is -0.674. The summed E-state index contributed by atoms with van der Waals surface area (Å²) in [7, 11) is -0.674. The van der Waals surface area contributed by atoms with Crippen LogP contribution in [-0.4, -0.2) is 41.4 Å². The Kier molecular flexibility index (Phi) is 3.64. The largest absolute Gasteiger partial charge is 0.466 e. The number of rotatable bonds is 2. The molecule has 0 aliphatic carbocycles. The van der Waals surface area contributed by atoms with Crippen molar-refractivity contribution in [2.45, 2.75) is 19.8 Å². The van der Waals surface area contributed by atoms with E-state index in [4.69, 9.17) is 4.74 Å². The van der Waals surface area contributed by atoms with Crippen molar-refractivity contribution < 1.29 is 13.7 Å². The molecule has 0 bridgehead atoms. The first-order valence-electron chi connectivity index (χ1n) is 5.90. The van der Waals surface area contributed by atoms with Gasteiger partial charge in [-0.1, -0.05) is 0 Å². The van der Waals surface area contributed by atoms with Gasteiger partial charge in [0.15, 0.2) is 0 Å². The molecule has 2 aliphatic rings. The zero-order valence-electron chi connectivity index (χ0n) is 9.66. The fourth-order valence-electron chi connectivity index (χ4n) is 2.77. The van der Waals surface area contributed by atoms with E-state index in [0.717, 1.165) is 30.9 Å². The molecule has 2 rings (SSSR count). The number of nitrogens with one attached hydrogen (secondary N) is 1. The van der Waals surface area contributed by atoms with Crippen molar-refractivity contribution in [1.29, 1.82) is 0 Å². The molecule has 1 unspecified atom stereocenters. The fourth-order valence-corrected chi connectivity index (χ4v) is 4.24. The molecule has 1 spiro atoms. The molecule has 2 fully saturated rings. The Morgan fingerprint density at radius 2 is 2.19 bits per heavy atom. The molecular weight excluding hydrogens is 226 g/mol. The van der Waals surface area contributed by atoms with Gasteiger partial charge < -0.3 is 10.1 Å². The third-order valence-corrected chi connectivity index (χ3v) is 5.11. The van der Waals surface area contributed by atoms with Crippen LogP contribution >= 0.6 is 0 Å². The van der Waals surface area contributed by atoms with Gasteiger partial charge >= 0.3 is 5.97 Å². The van der Waals surface area contributed by atoms with E-state index in [1.807, 2.05) is 6.92 Å². The Hall–Kier alpha value is -0.420. The highest BCUT2D eigenvalue weighted by atomic mass is 32.2. The molecule has 0 saturated carbocycles. The van der Waals surface area contributed by atoms with E-state index < -0.39 is 10.8 Å². The van der Waals surface area contributed by atoms with Crippen LogP contribution < -0.4 is 5.32 Å². The molecule has 92 valence electrons. The second-order valence-corrected chi connectivity index (χ2v) is 6.34. The van der Waals surface area contributed by atoms with Crippen molar-refractivity contribution in [3.63, 3.8) is 0 Å². The van der Waals surface area contributed by atoms with Crippen LogP contribution in [0.5, 0.6) is 0 Å². The molecule has 2 saturated heterocycles. The minimum absolute atomic E-state index is 0.0141. The van der Waals surface area contributed by atoms with Gasteiger partial charge in [-0.3, -0.25) is 9.00 Å². The highest BCUT2D eigenvalue weighted by molar-refractivity contribution is 7.85. The average Bonchev–Trinajstić information content (AvgIpc) is 2.67. The van der Waals surface area contributed by atoms with E-state index in [-0.39, 0.29) is 17.3 Å². The number of esters is 1. The monoisotopic (exact) mass is 245 g/mol. The lowest BCUT2D eigenvalue weighted by Gasteiger charge is -2.36. The zero-order valence-corrected chi connectivity index (χ0v) is 10.5. The molecule has 2 aliphatic heterocycles. The summed E-state index contributed by atoms with van der Waals surface area (Å²) in [6, 6.07) is 0. The lowest BCUT2D eigenvalue weighted by molar-refractivity contribution is -0.151. The summed E-state index contributed by atoms with van der Waals surface area (Å²) in [6.45, 7) is 3.86. The highest BCUT2D eigenvalue weighted by Gasteiger charge is 2.48. The van der Waals surface area contributed by atoms with E-state index in [9.17, 15) is 9.00 Å². The summed E-state index contributed by atoms with van der Waals surface area (Å²) in [6.07, 6.45) is 1.77. The Morgan fingerprint density at radius 1 is 1.50 bits per heavy atom. The summed E-state index contributed by atoms with van der Waals surface area (Å²) in [5, 5.41) is 3.29. The molecule has 0 aromatic carbocycles. The quantitative estimate of drug-likeness (QED) is 0.711. The molecule has 1 atom stereocenters. The third-order valence-electron chi connectivity index (χ3n) is 3.79. The van der Waals surface area contributed by atoms with Gasteiger partial charge in [0.05, 0.1) is 12.5 Å². The van der Waals surface area contributed by atoms with Crippen LogP contribution in [0.4, 0.5) is 0 Å². The molecule has 4 nitrogen and oxygen atoms in total. The molecule has 0 radical (unpaired) electrons. The predicted octanol–water partition coefficient (Wildman–Crippen LogP) is 0.298. The van der Waals surface area contributed by atoms with Crippen LogP contribution in [0, 0.1) is 11.3 Å². The van der Waals surface area contributed by atoms with Gasteiger partial charge in [-0.05, 0) is 25.2 Å². The molecule has 0 amide bonds. The first kappa shape index (κ1) is 12.0. The van der Waals surface area contributed by atoms with Crippen molar-refractivity contribution in [1.82, 2.24) is 5.32 Å². The van der Waals surface area contributed by atoms with Crippen LogP contribution in [-0.2, 0) is 20.3 Å². The number of hydrogen-bond donors (Lipinski definition) is 1. The fraction of sp³-hybridized carbons (Fsp3) is 0.909. The van der Waals surface area contributed by atoms with Crippen LogP contribution in [0.25, 0.3) is 0 Å². The normalized spacial score (nSPS) is 38.8. The Balaban J connectivity index is 2.07. The molecule has 0 aromatic rings. The molecule has 2 heterocycles. The van der Waals surface area contributed by atoms with E-state index in [0.29, 0.717) is 13.2 Å². The summed E-state index contributed by atoms with van der Waals surface area (Å²) in [5.74, 6) is 1.35. The van der Waals surface area contributed by atoms with Crippen molar-refractivity contribution in [2.24, 2.45) is 11.3 Å². The summed E-state index contributed by atoms with van der Waals surface area (Å²) < 4.78 is 16.5. The van der Waals surface area contributed by atoms with Crippen molar-refractivity contribution in [2.75, 3.05) is 31.2 Å². The minimum Gasteiger partial charge on any atom is -0.466 e. The SMILES string of the molecule is CCOC(=O)C1CNCC12CCS(=O)CC2. The molecule has 16 heavy (non-hydrogen) atoms. The third kappa shape index (κ3) is 2.15. The number of carbonyl (C=O) groups is 1. The van der Waals surface area contributed by atoms with Crippen LogP contribution in [0.1, 0.15) is 19.8 Å². The van der Waals surface area contributed by atoms with Crippen LogP contribution in [0.15, 0.2) is 0 Å². The first-order chi connectivity index (χ1) is 7.68. The van der Waals surface area contributed by atoms with Gasteiger partial charge in [0.1, 0.15) is 0 Å². The van der Waals surface area contributed by atoms with E-state index in [1.54, 1.807) is 0 Å². The second kappa shape index (κ2) is 4.84. The molecule has 0 aromatic heterocycles. The number of ether oxygens (including phenoxy) is 1. The Labute approximate surface area is 98.6 Å². The standard InChI is InChI=1S/C11H19NO3S/c1-2-15-10(13)9-7-12-8-11(9)3-5-16(14)6-4-11/h9,12H,2-8H2,1H3. The number of hydrogen-bond acceptors (Lipinski definition) is 4. The number of carbonyl (C=O) groups excluding carboxylic acids is 1. The van der Waals surface area contributed by atoms with Gasteiger partial charge in [0.25, 0.3) is 0 Å². The highest BCUT2D eigenvalue weighted by Crippen LogP contribution is 2.42. The summed E-state index contributed by atoms with van der Waals surface area (Å²) in [4.78, 5) is 11.9. The maximum atomic E-state index is 11.9. The smallest absolute Gasteiger partial charge is 0.310 e. The predicted molar refractivity (Wildman–Crippen MR) is 62.5 cm³/mol. The summed E-state index contributed by atoms with van der Waals surface area (Å²) in [5.41, 5.74) is 0.0141. The van der Waals surface area contributed by atoms with E-state index in [2.05, 4.69) is 5.32 Å². The second-order valence-electron chi connectivity index (χ2n) is 4.65. The van der Waals surface area contributed by atoms with Gasteiger partial charge in [-0.25, -0.2) is 0 Å². The van der Waals surface area contributed by atoms with Gasteiger partial charge in [0, 0.05) is 35.4 Å². The van der Waals surface area contributed by atoms with Crippen molar-refractivity contribution in [3.05, 3.63) is 0 Å². The maximum absolute atomic E-state index is 11.9. The first-order valence-corrected chi connectivity index (χ1v) is 7.39. The topological polar surface area (TPSA) is 55.4 Å². The van der Waals surface area contributed by atoms with Gasteiger partial charge in [0.2, 0.25) is 0 Å². The van der Waals surface area contributed by atoms with Crippen molar-refractivity contribution >= 4 is 16.8 Å². The zero-order chi connectivity index (χ0) is 11.6. The van der Waals surface area contributed by atoms with Crippen LogP contribution in [0.2, 0.25) is 0 Å². The van der Waals surface area contributed by atoms with E-state index >= 15 is 0 Å². The Bertz CT molecular complexity index is 296. The maximum Gasteiger partial charge on any atom is 0.310 e. The van der Waals surface area contributed by atoms with E-state index in [1.165, 1.54) is 0 Å². The average molecular weight is 245 g/mol. The molecule has 5 heteroatoms. The summed E-state index contributed by atoms with van der Waals surface area (Å²) >= 11 is 0. The van der Waals surface area contributed by atoms with Gasteiger partial charge in [-0.15, -0.1) is 0 Å². The molecular formula is C11H19NO3S.